The minimum atomic E-state index is -0.155. The highest BCUT2D eigenvalue weighted by Gasteiger charge is 2.16. The summed E-state index contributed by atoms with van der Waals surface area (Å²) in [4.78, 5) is 16.4. The topological polar surface area (TPSA) is 64.4 Å². The van der Waals surface area contributed by atoms with Gasteiger partial charge in [-0.15, -0.1) is 0 Å². The van der Waals surface area contributed by atoms with Gasteiger partial charge in [0, 0.05) is 6.04 Å². The average molecular weight is 338 g/mol. The summed E-state index contributed by atoms with van der Waals surface area (Å²) in [5.41, 5.74) is 4.31. The van der Waals surface area contributed by atoms with E-state index in [1.165, 1.54) is 0 Å². The molecule has 0 fully saturated rings. The molecule has 1 amide bonds. The second kappa shape index (κ2) is 6.97. The number of para-hydroxylation sites is 1. The highest BCUT2D eigenvalue weighted by molar-refractivity contribution is 5.80. The Morgan fingerprint density at radius 2 is 2.04 bits per heavy atom. The molecule has 5 heteroatoms. The van der Waals surface area contributed by atoms with Gasteiger partial charge in [0.1, 0.15) is 11.3 Å². The minimum Gasteiger partial charge on any atom is -0.483 e. The van der Waals surface area contributed by atoms with Crippen molar-refractivity contribution in [2.45, 2.75) is 33.7 Å². The number of oxazole rings is 1. The van der Waals surface area contributed by atoms with E-state index in [1.807, 2.05) is 64.1 Å². The van der Waals surface area contributed by atoms with Crippen LogP contribution in [0.4, 0.5) is 0 Å². The molecule has 3 aromatic rings. The highest BCUT2D eigenvalue weighted by Crippen LogP contribution is 2.34. The Morgan fingerprint density at radius 3 is 2.80 bits per heavy atom. The van der Waals surface area contributed by atoms with Crippen LogP contribution in [0.3, 0.4) is 0 Å². The summed E-state index contributed by atoms with van der Waals surface area (Å²) in [6.45, 7) is 7.73. The molecule has 0 saturated heterocycles. The first kappa shape index (κ1) is 17.0. The SMILES string of the molecule is Cc1ccc2nc(-c3cccc(C)c3OCC(=O)NC(C)C)oc2c1. The van der Waals surface area contributed by atoms with Gasteiger partial charge < -0.3 is 14.5 Å². The molecule has 1 aromatic heterocycles. The number of carbonyl (C=O) groups excluding carboxylic acids is 1. The molecule has 0 atom stereocenters. The number of hydrogen-bond donors (Lipinski definition) is 1. The van der Waals surface area contributed by atoms with Gasteiger partial charge in [-0.2, -0.15) is 0 Å². The Kier molecular flexibility index (Phi) is 4.74. The van der Waals surface area contributed by atoms with Crippen LogP contribution in [-0.2, 0) is 4.79 Å². The molecule has 5 nitrogen and oxygen atoms in total. The number of fused-ring (bicyclic) bond motifs is 1. The number of carbonyl (C=O) groups is 1. The molecule has 0 radical (unpaired) electrons. The third kappa shape index (κ3) is 3.82. The molecule has 25 heavy (non-hydrogen) atoms. The quantitative estimate of drug-likeness (QED) is 0.763. The molecule has 0 aliphatic carbocycles. The third-order valence-electron chi connectivity index (χ3n) is 3.78. The first-order valence-electron chi connectivity index (χ1n) is 8.33. The van der Waals surface area contributed by atoms with Gasteiger partial charge in [0.05, 0.1) is 5.56 Å². The van der Waals surface area contributed by atoms with Gasteiger partial charge in [0.15, 0.2) is 12.2 Å². The number of amides is 1. The number of aromatic nitrogens is 1. The molecule has 0 saturated carbocycles. The number of ether oxygens (including phenoxy) is 1. The van der Waals surface area contributed by atoms with Gasteiger partial charge in [-0.1, -0.05) is 18.2 Å². The normalized spacial score (nSPS) is 11.1. The largest absolute Gasteiger partial charge is 0.483 e. The van der Waals surface area contributed by atoms with Crippen molar-refractivity contribution in [1.29, 1.82) is 0 Å². The molecule has 1 heterocycles. The van der Waals surface area contributed by atoms with Crippen LogP contribution in [0.15, 0.2) is 40.8 Å². The van der Waals surface area contributed by atoms with E-state index in [0.29, 0.717) is 11.6 Å². The summed E-state index contributed by atoms with van der Waals surface area (Å²) < 4.78 is 11.7. The highest BCUT2D eigenvalue weighted by atomic mass is 16.5. The van der Waals surface area contributed by atoms with Gasteiger partial charge in [0.25, 0.3) is 5.91 Å². The van der Waals surface area contributed by atoms with Crippen molar-refractivity contribution in [3.05, 3.63) is 47.5 Å². The van der Waals surface area contributed by atoms with Gasteiger partial charge in [0.2, 0.25) is 5.89 Å². The standard InChI is InChI=1S/C20H22N2O3/c1-12(2)21-18(23)11-24-19-14(4)6-5-7-15(19)20-22-16-9-8-13(3)10-17(16)25-20/h5-10,12H,11H2,1-4H3,(H,21,23). The summed E-state index contributed by atoms with van der Waals surface area (Å²) in [6, 6.07) is 11.7. The number of nitrogens with one attached hydrogen (secondary N) is 1. The zero-order chi connectivity index (χ0) is 18.0. The van der Waals surface area contributed by atoms with E-state index in [2.05, 4.69) is 10.3 Å². The van der Waals surface area contributed by atoms with Crippen LogP contribution in [0.1, 0.15) is 25.0 Å². The lowest BCUT2D eigenvalue weighted by Crippen LogP contribution is -2.34. The first-order chi connectivity index (χ1) is 11.9. The number of rotatable bonds is 5. The van der Waals surface area contributed by atoms with Crippen LogP contribution >= 0.6 is 0 Å². The lowest BCUT2D eigenvalue weighted by molar-refractivity contribution is -0.123. The average Bonchev–Trinajstić information content (AvgIpc) is 2.95. The Labute approximate surface area is 147 Å². The number of aryl methyl sites for hydroxylation is 2. The second-order valence-electron chi connectivity index (χ2n) is 6.45. The third-order valence-corrected chi connectivity index (χ3v) is 3.78. The lowest BCUT2D eigenvalue weighted by atomic mass is 10.1. The molecule has 130 valence electrons. The maximum absolute atomic E-state index is 11.9. The smallest absolute Gasteiger partial charge is 0.258 e. The number of nitrogens with zero attached hydrogens (tertiary/aromatic N) is 1. The Bertz CT molecular complexity index is 912. The van der Waals surface area contributed by atoms with Crippen LogP contribution in [0.25, 0.3) is 22.6 Å². The van der Waals surface area contributed by atoms with Crippen LogP contribution in [0, 0.1) is 13.8 Å². The predicted octanol–water partition coefficient (Wildman–Crippen LogP) is 4.02. The molecule has 1 N–H and O–H groups in total. The van der Waals surface area contributed by atoms with Gasteiger partial charge >= 0.3 is 0 Å². The zero-order valence-electron chi connectivity index (χ0n) is 14.9. The predicted molar refractivity (Wildman–Crippen MR) is 97.7 cm³/mol. The van der Waals surface area contributed by atoms with Gasteiger partial charge in [-0.05, 0) is 57.0 Å². The summed E-state index contributed by atoms with van der Waals surface area (Å²) in [5.74, 6) is 0.950. The van der Waals surface area contributed by atoms with E-state index in [9.17, 15) is 4.79 Å². The van der Waals surface area contributed by atoms with Crippen LogP contribution < -0.4 is 10.1 Å². The van der Waals surface area contributed by atoms with Gasteiger partial charge in [-0.3, -0.25) is 4.79 Å². The summed E-state index contributed by atoms with van der Waals surface area (Å²) in [7, 11) is 0. The number of benzene rings is 2. The van der Waals surface area contributed by atoms with E-state index < -0.39 is 0 Å². The summed E-state index contributed by atoms with van der Waals surface area (Å²) in [5, 5.41) is 2.82. The Morgan fingerprint density at radius 1 is 1.24 bits per heavy atom. The maximum atomic E-state index is 11.9. The van der Waals surface area contributed by atoms with Crippen molar-refractivity contribution in [1.82, 2.24) is 10.3 Å². The summed E-state index contributed by atoms with van der Waals surface area (Å²) in [6.07, 6.45) is 0. The Balaban J connectivity index is 1.93. The van der Waals surface area contributed by atoms with E-state index >= 15 is 0 Å². The van der Waals surface area contributed by atoms with E-state index in [0.717, 1.165) is 27.8 Å². The van der Waals surface area contributed by atoms with Crippen LogP contribution in [0.2, 0.25) is 0 Å². The van der Waals surface area contributed by atoms with Crippen molar-refractivity contribution in [2.24, 2.45) is 0 Å². The fourth-order valence-electron chi connectivity index (χ4n) is 2.66. The monoisotopic (exact) mass is 338 g/mol. The second-order valence-corrected chi connectivity index (χ2v) is 6.45. The molecule has 0 bridgehead atoms. The molecule has 0 spiro atoms. The molecular formula is C20H22N2O3. The van der Waals surface area contributed by atoms with Crippen molar-refractivity contribution in [2.75, 3.05) is 6.61 Å². The van der Waals surface area contributed by atoms with Crippen molar-refractivity contribution >= 4 is 17.0 Å². The van der Waals surface area contributed by atoms with Gasteiger partial charge in [-0.25, -0.2) is 4.98 Å². The van der Waals surface area contributed by atoms with Crippen molar-refractivity contribution in [3.63, 3.8) is 0 Å². The van der Waals surface area contributed by atoms with Crippen LogP contribution in [0.5, 0.6) is 5.75 Å². The fraction of sp³-hybridized carbons (Fsp3) is 0.300. The fourth-order valence-corrected chi connectivity index (χ4v) is 2.66. The molecule has 2 aromatic carbocycles. The molecular weight excluding hydrogens is 316 g/mol. The molecule has 0 aliphatic heterocycles. The first-order valence-corrected chi connectivity index (χ1v) is 8.33. The van der Waals surface area contributed by atoms with E-state index in [-0.39, 0.29) is 18.6 Å². The molecule has 3 rings (SSSR count). The van der Waals surface area contributed by atoms with E-state index in [4.69, 9.17) is 9.15 Å². The summed E-state index contributed by atoms with van der Waals surface area (Å²) >= 11 is 0. The number of hydrogen-bond acceptors (Lipinski definition) is 4. The van der Waals surface area contributed by atoms with Crippen LogP contribution in [-0.4, -0.2) is 23.5 Å². The zero-order valence-corrected chi connectivity index (χ0v) is 14.9. The molecule has 0 unspecified atom stereocenters. The van der Waals surface area contributed by atoms with E-state index in [1.54, 1.807) is 0 Å². The minimum absolute atomic E-state index is 0.0463. The molecule has 0 aliphatic rings. The van der Waals surface area contributed by atoms with Crippen molar-refractivity contribution < 1.29 is 13.9 Å². The van der Waals surface area contributed by atoms with Crippen molar-refractivity contribution in [3.8, 4) is 17.2 Å². The lowest BCUT2D eigenvalue weighted by Gasteiger charge is -2.13. The maximum Gasteiger partial charge on any atom is 0.258 e. The Hall–Kier alpha value is -2.82.